The summed E-state index contributed by atoms with van der Waals surface area (Å²) in [5.41, 5.74) is 5.10. The maximum Gasteiger partial charge on any atom is 0.387 e. The average molecular weight is 377 g/mol. The molecule has 0 fully saturated rings. The third-order valence-electron chi connectivity index (χ3n) is 3.03. The summed E-state index contributed by atoms with van der Waals surface area (Å²) in [6, 6.07) is 2.53. The molecule has 0 bridgehead atoms. The summed E-state index contributed by atoms with van der Waals surface area (Å²) in [7, 11) is -2.61. The molecule has 0 aliphatic carbocycles. The Labute approximate surface area is 140 Å². The van der Waals surface area contributed by atoms with Gasteiger partial charge in [-0.05, 0) is 30.2 Å². The summed E-state index contributed by atoms with van der Waals surface area (Å²) in [6.45, 7) is 0.786. The predicted octanol–water partition coefficient (Wildman–Crippen LogP) is 2.45. The number of ether oxygens (including phenoxy) is 1. The molecule has 1 rings (SSSR count). The molecule has 0 saturated heterocycles. The largest absolute Gasteiger partial charge is 0.432 e. The van der Waals surface area contributed by atoms with Gasteiger partial charge in [-0.25, -0.2) is 17.1 Å². The maximum atomic E-state index is 13.6. The van der Waals surface area contributed by atoms with E-state index in [4.69, 9.17) is 5.73 Å². The van der Waals surface area contributed by atoms with Gasteiger partial charge < -0.3 is 10.5 Å². The summed E-state index contributed by atoms with van der Waals surface area (Å²) < 4.78 is 67.4. The lowest BCUT2D eigenvalue weighted by Gasteiger charge is -2.28. The van der Waals surface area contributed by atoms with Gasteiger partial charge in [0.2, 0.25) is 10.0 Å². The Hall–Kier alpha value is -1.03. The number of benzene rings is 1. The van der Waals surface area contributed by atoms with Gasteiger partial charge >= 0.3 is 6.61 Å². The molecule has 0 aliphatic rings. The first-order valence-corrected chi connectivity index (χ1v) is 7.84. The highest BCUT2D eigenvalue weighted by Gasteiger charge is 2.28. The van der Waals surface area contributed by atoms with Crippen LogP contribution in [0.3, 0.4) is 0 Å². The fourth-order valence-corrected chi connectivity index (χ4v) is 3.14. The molecule has 10 heteroatoms. The van der Waals surface area contributed by atoms with Crippen molar-refractivity contribution in [2.45, 2.75) is 25.4 Å². The third-order valence-corrected chi connectivity index (χ3v) is 4.83. The molecular formula is C13H20ClF3N2O3S. The van der Waals surface area contributed by atoms with Crippen molar-refractivity contribution in [3.63, 3.8) is 0 Å². The summed E-state index contributed by atoms with van der Waals surface area (Å²) >= 11 is 0. The van der Waals surface area contributed by atoms with Gasteiger partial charge in [0.1, 0.15) is 0 Å². The maximum absolute atomic E-state index is 13.6. The van der Waals surface area contributed by atoms with Gasteiger partial charge in [-0.2, -0.15) is 8.78 Å². The van der Waals surface area contributed by atoms with Crippen LogP contribution in [0.2, 0.25) is 0 Å². The number of halogens is 4. The van der Waals surface area contributed by atoms with Gasteiger partial charge in [-0.1, -0.05) is 13.8 Å². The molecule has 0 heterocycles. The van der Waals surface area contributed by atoms with E-state index in [2.05, 4.69) is 4.74 Å². The van der Waals surface area contributed by atoms with Gasteiger partial charge in [0.15, 0.2) is 11.6 Å². The van der Waals surface area contributed by atoms with E-state index in [0.717, 1.165) is 16.4 Å². The molecule has 0 amide bonds. The van der Waals surface area contributed by atoms with E-state index < -0.39 is 33.6 Å². The normalized spacial score (nSPS) is 12.4. The van der Waals surface area contributed by atoms with Crippen LogP contribution in [0, 0.1) is 11.2 Å². The van der Waals surface area contributed by atoms with Gasteiger partial charge in [0, 0.05) is 13.6 Å². The average Bonchev–Trinajstić information content (AvgIpc) is 2.40. The van der Waals surface area contributed by atoms with E-state index >= 15 is 0 Å². The van der Waals surface area contributed by atoms with Gasteiger partial charge in [0.05, 0.1) is 4.90 Å². The number of alkyl halides is 2. The number of hydrogen-bond donors (Lipinski definition) is 1. The van der Waals surface area contributed by atoms with Gasteiger partial charge in [0.25, 0.3) is 0 Å². The molecule has 1 aromatic rings. The van der Waals surface area contributed by atoms with Crippen molar-refractivity contribution in [1.29, 1.82) is 0 Å². The fraction of sp³-hybridized carbons (Fsp3) is 0.538. The Morgan fingerprint density at radius 1 is 1.35 bits per heavy atom. The Morgan fingerprint density at radius 2 is 1.91 bits per heavy atom. The van der Waals surface area contributed by atoms with Crippen LogP contribution in [0.5, 0.6) is 5.75 Å². The highest BCUT2D eigenvalue weighted by Crippen LogP contribution is 2.25. The molecule has 23 heavy (non-hydrogen) atoms. The van der Waals surface area contributed by atoms with Crippen LogP contribution in [0.15, 0.2) is 23.1 Å². The molecule has 134 valence electrons. The van der Waals surface area contributed by atoms with Gasteiger partial charge in [-0.3, -0.25) is 0 Å². The topological polar surface area (TPSA) is 72.6 Å². The molecule has 0 radical (unpaired) electrons. The van der Waals surface area contributed by atoms with Crippen LogP contribution in [0.1, 0.15) is 13.8 Å². The minimum Gasteiger partial charge on any atom is -0.432 e. The molecule has 0 unspecified atom stereocenters. The number of hydrogen-bond acceptors (Lipinski definition) is 4. The van der Waals surface area contributed by atoms with E-state index in [1.165, 1.54) is 7.05 Å². The molecule has 1 aromatic carbocycles. The van der Waals surface area contributed by atoms with Crippen molar-refractivity contribution in [3.05, 3.63) is 24.0 Å². The highest BCUT2D eigenvalue weighted by atomic mass is 35.5. The monoisotopic (exact) mass is 376 g/mol. The van der Waals surface area contributed by atoms with Crippen molar-refractivity contribution in [2.75, 3.05) is 20.1 Å². The molecule has 0 aromatic heterocycles. The van der Waals surface area contributed by atoms with Crippen molar-refractivity contribution >= 4 is 22.4 Å². The van der Waals surface area contributed by atoms with Crippen LogP contribution in [0.4, 0.5) is 13.2 Å². The van der Waals surface area contributed by atoms with E-state index in [0.29, 0.717) is 6.07 Å². The first-order valence-electron chi connectivity index (χ1n) is 6.40. The summed E-state index contributed by atoms with van der Waals surface area (Å²) in [5, 5.41) is 0. The summed E-state index contributed by atoms with van der Waals surface area (Å²) in [4.78, 5) is -0.345. The Kier molecular flexibility index (Phi) is 7.82. The molecule has 2 N–H and O–H groups in total. The molecule has 0 saturated carbocycles. The fourth-order valence-electron chi connectivity index (χ4n) is 1.77. The summed E-state index contributed by atoms with van der Waals surface area (Å²) in [6.07, 6.45) is 0. The first kappa shape index (κ1) is 22.0. The number of nitrogens with zero attached hydrogens (tertiary/aromatic N) is 1. The smallest absolute Gasteiger partial charge is 0.387 e. The number of sulfonamides is 1. The van der Waals surface area contributed by atoms with Crippen molar-refractivity contribution in [3.8, 4) is 5.75 Å². The minimum atomic E-state index is -3.96. The Balaban J connectivity index is 0.00000484. The summed E-state index contributed by atoms with van der Waals surface area (Å²) in [5.74, 6) is -1.88. The number of rotatable bonds is 7. The third kappa shape index (κ3) is 5.83. The van der Waals surface area contributed by atoms with Gasteiger partial charge in [-0.15, -0.1) is 12.4 Å². The second kappa shape index (κ2) is 8.18. The minimum absolute atomic E-state index is 0. The lowest BCUT2D eigenvalue weighted by atomic mass is 9.94. The number of nitrogens with two attached hydrogens (primary N) is 1. The van der Waals surface area contributed by atoms with E-state index in [-0.39, 0.29) is 30.4 Å². The molecule has 5 nitrogen and oxygen atoms in total. The Bertz CT molecular complexity index is 627. The van der Waals surface area contributed by atoms with E-state index in [1.54, 1.807) is 13.8 Å². The lowest BCUT2D eigenvalue weighted by molar-refractivity contribution is -0.0522. The zero-order chi connectivity index (χ0) is 17.1. The second-order valence-corrected chi connectivity index (χ2v) is 7.65. The Morgan fingerprint density at radius 3 is 2.35 bits per heavy atom. The van der Waals surface area contributed by atoms with Crippen LogP contribution < -0.4 is 10.5 Å². The zero-order valence-corrected chi connectivity index (χ0v) is 14.6. The van der Waals surface area contributed by atoms with E-state index in [9.17, 15) is 21.6 Å². The van der Waals surface area contributed by atoms with Crippen LogP contribution in [-0.4, -0.2) is 39.5 Å². The van der Waals surface area contributed by atoms with Crippen LogP contribution in [0.25, 0.3) is 0 Å². The molecule has 0 spiro atoms. The molecule has 0 aliphatic heterocycles. The zero-order valence-electron chi connectivity index (χ0n) is 12.9. The van der Waals surface area contributed by atoms with Crippen molar-refractivity contribution in [2.24, 2.45) is 11.1 Å². The van der Waals surface area contributed by atoms with Crippen LogP contribution >= 0.6 is 12.4 Å². The second-order valence-electron chi connectivity index (χ2n) is 5.60. The van der Waals surface area contributed by atoms with Crippen molar-refractivity contribution in [1.82, 2.24) is 4.31 Å². The quantitative estimate of drug-likeness (QED) is 0.793. The van der Waals surface area contributed by atoms with Crippen LogP contribution in [-0.2, 0) is 10.0 Å². The van der Waals surface area contributed by atoms with E-state index in [1.807, 2.05) is 0 Å². The standard InChI is InChI=1S/C13H19F3N2O3S.ClH/c1-13(2,7-17)8-18(3)22(19,20)9-4-5-11(10(14)6-9)21-12(15)16;/h4-6,12H,7-8,17H2,1-3H3;1H. The first-order chi connectivity index (χ1) is 9.99. The molecule has 0 atom stereocenters. The predicted molar refractivity (Wildman–Crippen MR) is 82.9 cm³/mol. The highest BCUT2D eigenvalue weighted by molar-refractivity contribution is 7.89. The molecular weight excluding hydrogens is 357 g/mol. The SMILES string of the molecule is CN(CC(C)(C)CN)S(=O)(=O)c1ccc(OC(F)F)c(F)c1.Cl. The van der Waals surface area contributed by atoms with Crippen molar-refractivity contribution < 1.29 is 26.3 Å². The lowest BCUT2D eigenvalue weighted by Crippen LogP contribution is -2.39.